The van der Waals surface area contributed by atoms with Gasteiger partial charge >= 0.3 is 6.01 Å². The molecule has 0 radical (unpaired) electrons. The normalized spacial score (nSPS) is 10.8. The van der Waals surface area contributed by atoms with Crippen LogP contribution in [0.4, 0.5) is 21.8 Å². The van der Waals surface area contributed by atoms with Gasteiger partial charge in [-0.05, 0) is 24.1 Å². The molecule has 1 aromatic carbocycles. The molecule has 0 saturated carbocycles. The number of rotatable bonds is 7. The summed E-state index contributed by atoms with van der Waals surface area (Å²) in [5.74, 6) is -0.268. The average molecular weight is 373 g/mol. The second-order valence-electron chi connectivity index (χ2n) is 5.91. The van der Waals surface area contributed by atoms with Crippen molar-refractivity contribution in [2.24, 2.45) is 7.05 Å². The van der Waals surface area contributed by atoms with Crippen molar-refractivity contribution in [2.45, 2.75) is 13.3 Å². The van der Waals surface area contributed by atoms with Crippen molar-refractivity contribution in [3.63, 3.8) is 0 Å². The maximum Gasteiger partial charge on any atom is 0.315 e. The number of halogens is 1. The number of anilines is 3. The van der Waals surface area contributed by atoms with Gasteiger partial charge < -0.3 is 24.7 Å². The van der Waals surface area contributed by atoms with Crippen molar-refractivity contribution in [1.29, 1.82) is 0 Å². The number of nitrogens with zero attached hydrogens (tertiary/aromatic N) is 3. The molecule has 8 nitrogen and oxygen atoms in total. The van der Waals surface area contributed by atoms with E-state index in [0.717, 1.165) is 12.0 Å². The van der Waals surface area contributed by atoms with E-state index < -0.39 is 5.82 Å². The van der Waals surface area contributed by atoms with Crippen molar-refractivity contribution in [3.05, 3.63) is 52.2 Å². The zero-order valence-corrected chi connectivity index (χ0v) is 15.0. The summed E-state index contributed by atoms with van der Waals surface area (Å²) < 4.78 is 21.2. The second-order valence-corrected chi connectivity index (χ2v) is 5.91. The highest BCUT2D eigenvalue weighted by Gasteiger charge is 2.16. The summed E-state index contributed by atoms with van der Waals surface area (Å²) in [5, 5.41) is 22.3. The van der Waals surface area contributed by atoms with Gasteiger partial charge in [-0.2, -0.15) is 0 Å². The van der Waals surface area contributed by atoms with Crippen LogP contribution in [0.5, 0.6) is 0 Å². The van der Waals surface area contributed by atoms with E-state index in [-0.39, 0.29) is 36.3 Å². The van der Waals surface area contributed by atoms with Gasteiger partial charge in [0.15, 0.2) is 0 Å². The van der Waals surface area contributed by atoms with Crippen molar-refractivity contribution in [3.8, 4) is 11.5 Å². The number of hydrogen-bond donors (Lipinski definition) is 3. The number of nitrogens with one attached hydrogen (secondary N) is 2. The van der Waals surface area contributed by atoms with Crippen LogP contribution in [-0.2, 0) is 13.5 Å². The summed E-state index contributed by atoms with van der Waals surface area (Å²) in [5.41, 5.74) is 1.63. The van der Waals surface area contributed by atoms with E-state index in [4.69, 9.17) is 9.52 Å². The summed E-state index contributed by atoms with van der Waals surface area (Å²) >= 11 is 0. The van der Waals surface area contributed by atoms with E-state index >= 15 is 0 Å². The van der Waals surface area contributed by atoms with Crippen molar-refractivity contribution < 1.29 is 13.9 Å². The monoisotopic (exact) mass is 373 g/mol. The Bertz CT molecular complexity index is 999. The Morgan fingerprint density at radius 2 is 2.07 bits per heavy atom. The molecule has 0 bridgehead atoms. The Morgan fingerprint density at radius 1 is 1.26 bits per heavy atom. The fourth-order valence-corrected chi connectivity index (χ4v) is 2.50. The quantitative estimate of drug-likeness (QED) is 0.583. The van der Waals surface area contributed by atoms with E-state index in [9.17, 15) is 9.18 Å². The number of pyridine rings is 1. The first-order valence-electron chi connectivity index (χ1n) is 8.46. The Hall–Kier alpha value is -3.20. The fraction of sp³-hybridized carbons (Fsp3) is 0.278. The summed E-state index contributed by atoms with van der Waals surface area (Å²) in [7, 11) is 1.59. The standard InChI is InChI=1S/C18H20FN5O3/c1-3-11-4-5-14(13(19)8-11)21-15-9-16(26)24(2)10-12(15)17-22-23-18(27-17)20-6-7-25/h4-5,8-10,21,25H,3,6-7H2,1-2H3,(H,20,23). The summed E-state index contributed by atoms with van der Waals surface area (Å²) in [6.07, 6.45) is 2.26. The van der Waals surface area contributed by atoms with Crippen LogP contribution in [0.25, 0.3) is 11.5 Å². The van der Waals surface area contributed by atoms with Gasteiger partial charge in [0.05, 0.1) is 23.5 Å². The van der Waals surface area contributed by atoms with Crippen LogP contribution in [0.15, 0.2) is 39.7 Å². The summed E-state index contributed by atoms with van der Waals surface area (Å²) in [6, 6.07) is 6.37. The first kappa shape index (κ1) is 18.6. The molecule has 2 aromatic heterocycles. The van der Waals surface area contributed by atoms with Crippen molar-refractivity contribution in [2.75, 3.05) is 23.8 Å². The van der Waals surface area contributed by atoms with Gasteiger partial charge in [-0.1, -0.05) is 18.1 Å². The number of hydrogen-bond acceptors (Lipinski definition) is 7. The van der Waals surface area contributed by atoms with E-state index in [1.165, 1.54) is 22.9 Å². The molecule has 142 valence electrons. The number of aliphatic hydroxyl groups excluding tert-OH is 1. The summed E-state index contributed by atoms with van der Waals surface area (Å²) in [4.78, 5) is 12.1. The fourth-order valence-electron chi connectivity index (χ4n) is 2.50. The molecule has 0 saturated heterocycles. The molecule has 3 N–H and O–H groups in total. The van der Waals surface area contributed by atoms with E-state index in [1.54, 1.807) is 13.1 Å². The van der Waals surface area contributed by atoms with E-state index in [2.05, 4.69) is 20.8 Å². The van der Waals surface area contributed by atoms with Gasteiger partial charge in [0, 0.05) is 25.9 Å². The summed E-state index contributed by atoms with van der Waals surface area (Å²) in [6.45, 7) is 2.12. The second kappa shape index (κ2) is 8.00. The largest absolute Gasteiger partial charge is 0.403 e. The van der Waals surface area contributed by atoms with Crippen LogP contribution < -0.4 is 16.2 Å². The smallest absolute Gasteiger partial charge is 0.315 e. The Morgan fingerprint density at radius 3 is 2.78 bits per heavy atom. The maximum atomic E-state index is 14.3. The molecule has 9 heteroatoms. The molecule has 0 atom stereocenters. The van der Waals surface area contributed by atoms with E-state index in [0.29, 0.717) is 11.3 Å². The van der Waals surface area contributed by atoms with Gasteiger partial charge in [-0.15, -0.1) is 5.10 Å². The molecule has 2 heterocycles. The highest BCUT2D eigenvalue weighted by molar-refractivity contribution is 5.76. The van der Waals surface area contributed by atoms with Crippen LogP contribution in [-0.4, -0.2) is 33.0 Å². The molecule has 3 rings (SSSR count). The zero-order valence-electron chi connectivity index (χ0n) is 15.0. The van der Waals surface area contributed by atoms with Crippen LogP contribution in [0, 0.1) is 5.82 Å². The van der Waals surface area contributed by atoms with Crippen molar-refractivity contribution in [1.82, 2.24) is 14.8 Å². The Kier molecular flexibility index (Phi) is 5.51. The Labute approximate surface area is 154 Å². The lowest BCUT2D eigenvalue weighted by molar-refractivity contribution is 0.309. The minimum Gasteiger partial charge on any atom is -0.403 e. The zero-order chi connectivity index (χ0) is 19.4. The molecule has 0 aliphatic heterocycles. The molecule has 0 aliphatic carbocycles. The van der Waals surface area contributed by atoms with Crippen molar-refractivity contribution >= 4 is 17.4 Å². The van der Waals surface area contributed by atoms with Gasteiger partial charge in [0.2, 0.25) is 0 Å². The molecule has 3 aromatic rings. The first-order chi connectivity index (χ1) is 13.0. The lowest BCUT2D eigenvalue weighted by atomic mass is 10.1. The molecular formula is C18H20FN5O3. The number of benzene rings is 1. The maximum absolute atomic E-state index is 14.3. The first-order valence-corrected chi connectivity index (χ1v) is 8.46. The minimum atomic E-state index is -0.420. The van der Waals surface area contributed by atoms with E-state index in [1.807, 2.05) is 13.0 Å². The van der Waals surface area contributed by atoms with Gasteiger partial charge in [-0.25, -0.2) is 4.39 Å². The van der Waals surface area contributed by atoms with Crippen LogP contribution >= 0.6 is 0 Å². The number of aromatic nitrogens is 3. The highest BCUT2D eigenvalue weighted by Crippen LogP contribution is 2.30. The predicted octanol–water partition coefficient (Wildman–Crippen LogP) is 2.28. The van der Waals surface area contributed by atoms with Gasteiger partial charge in [0.1, 0.15) is 5.82 Å². The molecule has 0 spiro atoms. The molecule has 0 fully saturated rings. The van der Waals surface area contributed by atoms with Crippen LogP contribution in [0.1, 0.15) is 12.5 Å². The van der Waals surface area contributed by atoms with Crippen LogP contribution in [0.2, 0.25) is 0 Å². The minimum absolute atomic E-state index is 0.0859. The third kappa shape index (κ3) is 4.14. The molecule has 27 heavy (non-hydrogen) atoms. The SMILES string of the molecule is CCc1ccc(Nc2cc(=O)n(C)cc2-c2nnc(NCCO)o2)c(F)c1. The van der Waals surface area contributed by atoms with Gasteiger partial charge in [-0.3, -0.25) is 4.79 Å². The third-order valence-electron chi connectivity index (χ3n) is 3.98. The third-order valence-corrected chi connectivity index (χ3v) is 3.98. The molecule has 0 unspecified atom stereocenters. The Balaban J connectivity index is 1.99. The van der Waals surface area contributed by atoms with Gasteiger partial charge in [0.25, 0.3) is 11.4 Å². The topological polar surface area (TPSA) is 105 Å². The molecule has 0 aliphatic rings. The predicted molar refractivity (Wildman–Crippen MR) is 99.6 cm³/mol. The average Bonchev–Trinajstić information content (AvgIpc) is 3.13. The molecule has 0 amide bonds. The van der Waals surface area contributed by atoms with Crippen LogP contribution in [0.3, 0.4) is 0 Å². The lowest BCUT2D eigenvalue weighted by Gasteiger charge is -2.12. The highest BCUT2D eigenvalue weighted by atomic mass is 19.1. The molecular weight excluding hydrogens is 353 g/mol. The lowest BCUT2D eigenvalue weighted by Crippen LogP contribution is -2.16. The number of aliphatic hydroxyl groups is 1. The number of aryl methyl sites for hydroxylation is 2.